The van der Waals surface area contributed by atoms with E-state index in [0.29, 0.717) is 18.1 Å². The Kier molecular flexibility index (Phi) is 7.81. The number of rotatable bonds is 7. The van der Waals surface area contributed by atoms with Gasteiger partial charge in [-0.1, -0.05) is 152 Å². The molecule has 8 aromatic carbocycles. The van der Waals surface area contributed by atoms with Gasteiger partial charge in [0.05, 0.1) is 22.1 Å². The van der Waals surface area contributed by atoms with E-state index in [-0.39, 0.29) is 0 Å². The van der Waals surface area contributed by atoms with Crippen molar-refractivity contribution in [3.8, 4) is 50.7 Å². The van der Waals surface area contributed by atoms with E-state index < -0.39 is 0 Å². The van der Waals surface area contributed by atoms with Crippen molar-refractivity contribution in [1.29, 1.82) is 0 Å². The number of nitrogens with zero attached hydrogens (tertiary/aromatic N) is 4. The van der Waals surface area contributed by atoms with Gasteiger partial charge in [0.1, 0.15) is 17.0 Å². The highest BCUT2D eigenvalue weighted by Crippen LogP contribution is 2.42. The molecule has 5 heteroatoms. The summed E-state index contributed by atoms with van der Waals surface area (Å²) >= 11 is 0. The summed E-state index contributed by atoms with van der Waals surface area (Å²) in [5.74, 6) is 2.01. The topological polar surface area (TPSA) is 56.7 Å². The fourth-order valence-corrected chi connectivity index (χ4v) is 8.25. The molecule has 0 aliphatic heterocycles. The van der Waals surface area contributed by atoms with Gasteiger partial charge >= 0.3 is 0 Å². The lowest BCUT2D eigenvalue weighted by molar-refractivity contribution is 0.669. The molecule has 0 spiro atoms. The predicted octanol–water partition coefficient (Wildman–Crippen LogP) is 13.1. The second-order valence-corrected chi connectivity index (χ2v) is 14.4. The number of hydrogen-bond donors (Lipinski definition) is 0. The first-order valence-electron chi connectivity index (χ1n) is 19.2. The molecule has 268 valence electrons. The molecule has 0 aliphatic rings. The van der Waals surface area contributed by atoms with Crippen LogP contribution in [0.5, 0.6) is 0 Å². The van der Waals surface area contributed by atoms with Gasteiger partial charge in [0.25, 0.3) is 0 Å². The third-order valence-corrected chi connectivity index (χ3v) is 10.9. The molecule has 0 bridgehead atoms. The van der Waals surface area contributed by atoms with Gasteiger partial charge in [-0.05, 0) is 70.3 Å². The Balaban J connectivity index is 1.12. The van der Waals surface area contributed by atoms with Crippen LogP contribution in [0.25, 0.3) is 94.5 Å². The largest absolute Gasteiger partial charge is 0.456 e. The lowest BCUT2D eigenvalue weighted by Gasteiger charge is -2.13. The van der Waals surface area contributed by atoms with Gasteiger partial charge in [0.2, 0.25) is 0 Å². The van der Waals surface area contributed by atoms with E-state index in [1.54, 1.807) is 0 Å². The fraction of sp³-hybridized carbons (Fsp3) is 0.0192. The molecule has 0 atom stereocenters. The van der Waals surface area contributed by atoms with Crippen LogP contribution in [0.4, 0.5) is 0 Å². The Hall–Kier alpha value is -7.63. The zero-order valence-electron chi connectivity index (χ0n) is 30.9. The van der Waals surface area contributed by atoms with Crippen molar-refractivity contribution in [2.75, 3.05) is 0 Å². The molecule has 0 aliphatic carbocycles. The molecule has 3 aromatic heterocycles. The van der Waals surface area contributed by atoms with E-state index in [2.05, 4.69) is 174 Å². The molecule has 5 nitrogen and oxygen atoms in total. The first-order valence-corrected chi connectivity index (χ1v) is 19.2. The third kappa shape index (κ3) is 5.76. The molecular weight excluding hydrogens is 697 g/mol. The van der Waals surface area contributed by atoms with E-state index in [9.17, 15) is 0 Å². The Bertz CT molecular complexity index is 3260. The molecule has 0 fully saturated rings. The van der Waals surface area contributed by atoms with Crippen LogP contribution in [0.2, 0.25) is 0 Å². The van der Waals surface area contributed by atoms with Crippen molar-refractivity contribution in [3.63, 3.8) is 0 Å². The van der Waals surface area contributed by atoms with Crippen molar-refractivity contribution in [1.82, 2.24) is 19.5 Å². The molecule has 57 heavy (non-hydrogen) atoms. The molecule has 0 radical (unpaired) electrons. The summed E-state index contributed by atoms with van der Waals surface area (Å²) < 4.78 is 9.07. The Labute approximate surface area is 329 Å². The van der Waals surface area contributed by atoms with E-state index >= 15 is 0 Å². The van der Waals surface area contributed by atoms with E-state index in [1.807, 2.05) is 24.3 Å². The van der Waals surface area contributed by atoms with Gasteiger partial charge in [-0.15, -0.1) is 0 Å². The molecular formula is C52H34N4O. The van der Waals surface area contributed by atoms with Gasteiger partial charge < -0.3 is 8.98 Å². The lowest BCUT2D eigenvalue weighted by Crippen LogP contribution is -2.05. The number of para-hydroxylation sites is 2. The van der Waals surface area contributed by atoms with Crippen LogP contribution < -0.4 is 0 Å². The number of hydrogen-bond acceptors (Lipinski definition) is 4. The summed E-state index contributed by atoms with van der Waals surface area (Å²) in [6.07, 6.45) is 0.591. The highest BCUT2D eigenvalue weighted by molar-refractivity contribution is 6.17. The zero-order valence-corrected chi connectivity index (χ0v) is 30.9. The third-order valence-electron chi connectivity index (χ3n) is 10.9. The molecule has 3 heterocycles. The minimum Gasteiger partial charge on any atom is -0.456 e. The van der Waals surface area contributed by atoms with Crippen molar-refractivity contribution in [2.45, 2.75) is 6.42 Å². The molecule has 11 aromatic rings. The maximum Gasteiger partial charge on any atom is 0.165 e. The summed E-state index contributed by atoms with van der Waals surface area (Å²) in [4.78, 5) is 15.4. The highest BCUT2D eigenvalue weighted by atomic mass is 16.3. The molecule has 0 amide bonds. The monoisotopic (exact) mass is 730 g/mol. The maximum atomic E-state index is 6.70. The molecule has 0 saturated heterocycles. The molecule has 0 saturated carbocycles. The Morgan fingerprint density at radius 2 is 1.05 bits per heavy atom. The second kappa shape index (κ2) is 13.6. The highest BCUT2D eigenvalue weighted by Gasteiger charge is 2.22. The predicted molar refractivity (Wildman–Crippen MR) is 232 cm³/mol. The van der Waals surface area contributed by atoms with Crippen LogP contribution in [0.1, 0.15) is 11.4 Å². The van der Waals surface area contributed by atoms with Gasteiger partial charge in [0.15, 0.2) is 11.6 Å². The molecule has 0 unspecified atom stereocenters. The van der Waals surface area contributed by atoms with E-state index in [0.717, 1.165) is 83.1 Å². The maximum absolute atomic E-state index is 6.70. The van der Waals surface area contributed by atoms with Crippen LogP contribution >= 0.6 is 0 Å². The summed E-state index contributed by atoms with van der Waals surface area (Å²) in [6, 6.07) is 67.7. The van der Waals surface area contributed by atoms with Crippen LogP contribution in [0.3, 0.4) is 0 Å². The normalized spacial score (nSPS) is 11.6. The van der Waals surface area contributed by atoms with Gasteiger partial charge in [0, 0.05) is 33.7 Å². The lowest BCUT2D eigenvalue weighted by atomic mass is 9.98. The minimum atomic E-state index is 0.591. The van der Waals surface area contributed by atoms with Crippen LogP contribution in [0.15, 0.2) is 199 Å². The number of fused-ring (bicyclic) bond motifs is 6. The summed E-state index contributed by atoms with van der Waals surface area (Å²) in [5.41, 5.74) is 12.5. The number of aromatic nitrogens is 4. The number of furan rings is 1. The summed E-state index contributed by atoms with van der Waals surface area (Å²) in [7, 11) is 0. The van der Waals surface area contributed by atoms with Crippen LogP contribution in [-0.4, -0.2) is 19.5 Å². The smallest absolute Gasteiger partial charge is 0.165 e. The minimum absolute atomic E-state index is 0.591. The van der Waals surface area contributed by atoms with Crippen molar-refractivity contribution >= 4 is 43.7 Å². The average Bonchev–Trinajstić information content (AvgIpc) is 3.83. The summed E-state index contributed by atoms with van der Waals surface area (Å²) in [6.45, 7) is 0. The SMILES string of the molecule is c1ccc(Cc2nc(-c3ccccc3)nc(-c3cccc4c5ccccc5n(-c5cccc6oc7cc(-c8cccc(-c9ccccc9)c8)ccc7c56)c34)n2)cc1. The Morgan fingerprint density at radius 3 is 1.88 bits per heavy atom. The second-order valence-electron chi connectivity index (χ2n) is 14.4. The molecule has 0 N–H and O–H groups in total. The van der Waals surface area contributed by atoms with Crippen molar-refractivity contribution in [3.05, 3.63) is 206 Å². The zero-order chi connectivity index (χ0) is 37.7. The summed E-state index contributed by atoms with van der Waals surface area (Å²) in [5, 5.41) is 4.39. The fourth-order valence-electron chi connectivity index (χ4n) is 8.25. The average molecular weight is 731 g/mol. The van der Waals surface area contributed by atoms with Gasteiger partial charge in [-0.3, -0.25) is 0 Å². The van der Waals surface area contributed by atoms with Gasteiger partial charge in [-0.2, -0.15) is 0 Å². The van der Waals surface area contributed by atoms with E-state index in [1.165, 1.54) is 11.1 Å². The van der Waals surface area contributed by atoms with Crippen LogP contribution in [0, 0.1) is 0 Å². The van der Waals surface area contributed by atoms with Crippen LogP contribution in [-0.2, 0) is 6.42 Å². The standard InChI is InChI=1S/C52H34N4O/c1-4-15-34(16-5-1)31-48-53-51(36-19-8-3-9-20-36)55-52(54-48)43-25-13-24-41-40-23-10-11-26-44(40)56(50(41)43)45-27-14-28-46-49(45)42-30-29-39(33-47(42)57-46)38-22-12-21-37(32-38)35-17-6-2-7-18-35/h1-30,32-33H,31H2. The number of benzene rings is 8. The first-order chi connectivity index (χ1) is 28.2. The molecule has 11 rings (SSSR count). The quantitative estimate of drug-likeness (QED) is 0.164. The first kappa shape index (κ1) is 32.8. The Morgan fingerprint density at radius 1 is 0.421 bits per heavy atom. The van der Waals surface area contributed by atoms with E-state index in [4.69, 9.17) is 19.4 Å². The van der Waals surface area contributed by atoms with Gasteiger partial charge in [-0.25, -0.2) is 15.0 Å². The van der Waals surface area contributed by atoms with Crippen molar-refractivity contribution < 1.29 is 4.42 Å². The van der Waals surface area contributed by atoms with Crippen molar-refractivity contribution in [2.24, 2.45) is 0 Å².